The molecule has 1 aliphatic rings. The highest BCUT2D eigenvalue weighted by atomic mass is 32.2. The normalized spacial score (nSPS) is 14.5. The summed E-state index contributed by atoms with van der Waals surface area (Å²) >= 11 is 2.42. The van der Waals surface area contributed by atoms with Gasteiger partial charge in [0.25, 0.3) is 5.56 Å². The lowest BCUT2D eigenvalue weighted by molar-refractivity contribution is -0.139. The van der Waals surface area contributed by atoms with Crippen LogP contribution in [0, 0.1) is 0 Å². The van der Waals surface area contributed by atoms with Crippen molar-refractivity contribution < 1.29 is 28.2 Å². The number of rotatable bonds is 10. The van der Waals surface area contributed by atoms with Gasteiger partial charge in [-0.3, -0.25) is 9.36 Å². The van der Waals surface area contributed by atoms with Gasteiger partial charge in [0.1, 0.15) is 5.76 Å². The van der Waals surface area contributed by atoms with Crippen LogP contribution >= 0.6 is 23.1 Å². The number of allylic oxidation sites excluding steroid dienone is 1. The summed E-state index contributed by atoms with van der Waals surface area (Å²) < 4.78 is 31.5. The predicted molar refractivity (Wildman–Crippen MR) is 168 cm³/mol. The van der Waals surface area contributed by atoms with Crippen LogP contribution in [0.15, 0.2) is 90.3 Å². The molecule has 0 N–H and O–H groups in total. The SMILES string of the molecule is CCOC(=O)C1=C(C)N=c2s/c(=C\c3ccc(Sc4nnnn4-c4ccccc4)o3)c(=O)n2[C@@H]1c1cc(OC)c(OC)c(OC)c1. The van der Waals surface area contributed by atoms with Gasteiger partial charge in [0.2, 0.25) is 10.9 Å². The Balaban J connectivity index is 1.42. The first-order chi connectivity index (χ1) is 22.4. The molecule has 0 radical (unpaired) electrons. The second kappa shape index (κ2) is 13.1. The summed E-state index contributed by atoms with van der Waals surface area (Å²) in [6.45, 7) is 3.58. The third-order valence-corrected chi connectivity index (χ3v) is 8.87. The van der Waals surface area contributed by atoms with E-state index < -0.39 is 12.0 Å². The third kappa shape index (κ3) is 5.70. The maximum Gasteiger partial charge on any atom is 0.338 e. The molecular formula is C31H28N6O7S2. The average Bonchev–Trinajstić information content (AvgIpc) is 3.79. The van der Waals surface area contributed by atoms with Crippen LogP contribution in [-0.2, 0) is 9.53 Å². The van der Waals surface area contributed by atoms with E-state index in [9.17, 15) is 9.59 Å². The summed E-state index contributed by atoms with van der Waals surface area (Å²) in [4.78, 5) is 32.4. The molecule has 0 bridgehead atoms. The van der Waals surface area contributed by atoms with Crippen molar-refractivity contribution in [1.29, 1.82) is 0 Å². The molecule has 15 heteroatoms. The van der Waals surface area contributed by atoms with Crippen molar-refractivity contribution in [2.24, 2.45) is 4.99 Å². The van der Waals surface area contributed by atoms with Crippen LogP contribution in [0.25, 0.3) is 11.8 Å². The Bertz CT molecular complexity index is 2110. The molecule has 0 amide bonds. The molecule has 0 aliphatic carbocycles. The van der Waals surface area contributed by atoms with Gasteiger partial charge >= 0.3 is 5.97 Å². The monoisotopic (exact) mass is 660 g/mol. The summed E-state index contributed by atoms with van der Waals surface area (Å²) in [6.07, 6.45) is 1.64. The number of tetrazole rings is 1. The van der Waals surface area contributed by atoms with Crippen molar-refractivity contribution in [3.8, 4) is 22.9 Å². The smallest absolute Gasteiger partial charge is 0.338 e. The van der Waals surface area contributed by atoms with E-state index in [1.165, 1.54) is 49.0 Å². The summed E-state index contributed by atoms with van der Waals surface area (Å²) in [5, 5.41) is 13.0. The van der Waals surface area contributed by atoms with E-state index in [2.05, 4.69) is 20.5 Å². The van der Waals surface area contributed by atoms with E-state index in [-0.39, 0.29) is 17.7 Å². The number of aromatic nitrogens is 5. The zero-order chi connectivity index (χ0) is 32.4. The van der Waals surface area contributed by atoms with Gasteiger partial charge in [0.15, 0.2) is 21.4 Å². The standard InChI is InChI=1S/C31H28N6O7S2/c1-6-43-29(39)25-17(2)32-30-36(26(25)18-14-21(40-3)27(42-5)22(15-18)41-4)28(38)23(45-30)16-20-12-13-24(44-20)46-31-33-34-35-37(31)19-10-8-7-9-11-19/h7-16,26H,6H2,1-5H3/b23-16-/t26-/m1/s1. The number of fused-ring (bicyclic) bond motifs is 1. The molecule has 0 saturated carbocycles. The van der Waals surface area contributed by atoms with Crippen molar-refractivity contribution in [3.05, 3.63) is 96.9 Å². The molecule has 1 atom stereocenters. The minimum atomic E-state index is -0.884. The number of benzene rings is 2. The molecule has 46 heavy (non-hydrogen) atoms. The van der Waals surface area contributed by atoms with E-state index >= 15 is 0 Å². The number of hydrogen-bond donors (Lipinski definition) is 0. The number of furan rings is 1. The summed E-state index contributed by atoms with van der Waals surface area (Å²) in [7, 11) is 4.50. The van der Waals surface area contributed by atoms with E-state index in [1.54, 1.807) is 48.9 Å². The minimum Gasteiger partial charge on any atom is -0.493 e. The third-order valence-electron chi connectivity index (χ3n) is 7.03. The predicted octanol–water partition coefficient (Wildman–Crippen LogP) is 3.54. The van der Waals surface area contributed by atoms with Crippen molar-refractivity contribution in [3.63, 3.8) is 0 Å². The van der Waals surface area contributed by atoms with Crippen LogP contribution in [-0.4, -0.2) is 58.7 Å². The first-order valence-electron chi connectivity index (χ1n) is 14.0. The summed E-state index contributed by atoms with van der Waals surface area (Å²) in [5.41, 5.74) is 1.64. The molecule has 236 valence electrons. The summed E-state index contributed by atoms with van der Waals surface area (Å²) in [6, 6.07) is 15.6. The number of thiazole rings is 1. The molecule has 2 aromatic carbocycles. The van der Waals surface area contributed by atoms with Gasteiger partial charge < -0.3 is 23.4 Å². The van der Waals surface area contributed by atoms with Gasteiger partial charge in [-0.25, -0.2) is 9.79 Å². The minimum absolute atomic E-state index is 0.151. The van der Waals surface area contributed by atoms with Crippen LogP contribution in [0.4, 0.5) is 0 Å². The Morgan fingerprint density at radius 2 is 1.80 bits per heavy atom. The summed E-state index contributed by atoms with van der Waals surface area (Å²) in [5.74, 6) is 0.981. The van der Waals surface area contributed by atoms with Crippen LogP contribution in [0.1, 0.15) is 31.2 Å². The largest absolute Gasteiger partial charge is 0.493 e. The van der Waals surface area contributed by atoms with Crippen molar-refractivity contribution >= 4 is 35.1 Å². The molecule has 0 fully saturated rings. The highest BCUT2D eigenvalue weighted by Gasteiger charge is 2.34. The van der Waals surface area contributed by atoms with Gasteiger partial charge in [-0.15, -0.1) is 5.10 Å². The zero-order valence-electron chi connectivity index (χ0n) is 25.4. The van der Waals surface area contributed by atoms with Gasteiger partial charge in [-0.2, -0.15) is 4.68 Å². The van der Waals surface area contributed by atoms with Crippen molar-refractivity contribution in [1.82, 2.24) is 24.8 Å². The molecule has 0 saturated heterocycles. The van der Waals surface area contributed by atoms with Gasteiger partial charge in [-0.1, -0.05) is 29.5 Å². The number of hydrogen-bond acceptors (Lipinski definition) is 13. The van der Waals surface area contributed by atoms with E-state index in [1.807, 2.05) is 30.3 Å². The maximum atomic E-state index is 14.1. The van der Waals surface area contributed by atoms with Crippen LogP contribution < -0.4 is 29.1 Å². The second-order valence-corrected chi connectivity index (χ2v) is 11.7. The molecule has 5 aromatic rings. The molecule has 0 spiro atoms. The molecule has 1 aliphatic heterocycles. The Morgan fingerprint density at radius 1 is 1.07 bits per heavy atom. The van der Waals surface area contributed by atoms with Gasteiger partial charge in [-0.05, 0) is 78.0 Å². The molecule has 0 unspecified atom stereocenters. The second-order valence-electron chi connectivity index (χ2n) is 9.73. The number of esters is 1. The maximum absolute atomic E-state index is 14.1. The molecule has 3 aromatic heterocycles. The number of nitrogens with zero attached hydrogens (tertiary/aromatic N) is 6. The fourth-order valence-corrected chi connectivity index (χ4v) is 6.81. The van der Waals surface area contributed by atoms with Crippen molar-refractivity contribution in [2.75, 3.05) is 27.9 Å². The Kier molecular flexibility index (Phi) is 8.76. The lowest BCUT2D eigenvalue weighted by Crippen LogP contribution is -2.40. The van der Waals surface area contributed by atoms with Crippen LogP contribution in [0.5, 0.6) is 17.2 Å². The number of carbonyl (C=O) groups is 1. The number of ether oxygens (including phenoxy) is 4. The number of methoxy groups -OCH3 is 3. The van der Waals surface area contributed by atoms with Crippen molar-refractivity contribution in [2.45, 2.75) is 30.1 Å². The lowest BCUT2D eigenvalue weighted by Gasteiger charge is -2.26. The fraction of sp³-hybridized carbons (Fsp3) is 0.226. The first kappa shape index (κ1) is 30.9. The van der Waals surface area contributed by atoms with Gasteiger partial charge in [0.05, 0.1) is 55.5 Å². The first-order valence-corrected chi connectivity index (χ1v) is 15.6. The Morgan fingerprint density at radius 3 is 2.48 bits per heavy atom. The fourth-order valence-electron chi connectivity index (χ4n) is 5.03. The Hall–Kier alpha value is -5.15. The van der Waals surface area contributed by atoms with Crippen LogP contribution in [0.3, 0.4) is 0 Å². The highest BCUT2D eigenvalue weighted by molar-refractivity contribution is 7.99. The molecule has 6 rings (SSSR count). The number of para-hydroxylation sites is 1. The highest BCUT2D eigenvalue weighted by Crippen LogP contribution is 2.42. The van der Waals surface area contributed by atoms with Gasteiger partial charge in [0, 0.05) is 6.08 Å². The van der Waals surface area contributed by atoms with E-state index in [4.69, 9.17) is 23.4 Å². The molecule has 4 heterocycles. The quantitative estimate of drug-likeness (QED) is 0.203. The Labute approximate surface area is 270 Å². The lowest BCUT2D eigenvalue weighted by atomic mass is 9.95. The van der Waals surface area contributed by atoms with Crippen LogP contribution in [0.2, 0.25) is 0 Å². The average molecular weight is 661 g/mol. The molecular weight excluding hydrogens is 633 g/mol. The zero-order valence-corrected chi connectivity index (χ0v) is 27.0. The van der Waals surface area contributed by atoms with E-state index in [0.717, 1.165) is 5.69 Å². The molecule has 13 nitrogen and oxygen atoms in total. The van der Waals surface area contributed by atoms with E-state index in [0.29, 0.717) is 53.9 Å². The number of carbonyl (C=O) groups excluding carboxylic acids is 1. The topological polar surface area (TPSA) is 145 Å².